The lowest BCUT2D eigenvalue weighted by molar-refractivity contribution is 0.257. The summed E-state index contributed by atoms with van der Waals surface area (Å²) in [5.74, 6) is 0.601. The fourth-order valence-corrected chi connectivity index (χ4v) is 3.41. The van der Waals surface area contributed by atoms with Crippen molar-refractivity contribution in [2.75, 3.05) is 14.2 Å². The normalized spacial score (nSPS) is 12.8. The molecular formula is C14H24N2O3S. The molecule has 0 atom stereocenters. The van der Waals surface area contributed by atoms with E-state index in [1.54, 1.807) is 25.2 Å². The average molecular weight is 300 g/mol. The number of benzene rings is 1. The number of hydrogen-bond donors (Lipinski definition) is 1. The standard InChI is InChI=1S/C14H24N2O3S/c1-6-14(2,3)16(4)20(17,18)12-7-8-13(19-5)11(9-12)10-15/h7-9H,6,10,15H2,1-5H3. The Morgan fingerprint density at radius 1 is 1.35 bits per heavy atom. The van der Waals surface area contributed by atoms with Crippen LogP contribution in [0.4, 0.5) is 0 Å². The Kier molecular flexibility index (Phi) is 5.18. The maximum absolute atomic E-state index is 12.6. The van der Waals surface area contributed by atoms with Crippen molar-refractivity contribution in [2.24, 2.45) is 5.73 Å². The van der Waals surface area contributed by atoms with E-state index < -0.39 is 15.6 Å². The molecule has 0 radical (unpaired) electrons. The van der Waals surface area contributed by atoms with Gasteiger partial charge >= 0.3 is 0 Å². The Morgan fingerprint density at radius 2 is 1.95 bits per heavy atom. The molecule has 6 heteroatoms. The lowest BCUT2D eigenvalue weighted by atomic mass is 10.0. The van der Waals surface area contributed by atoms with Crippen LogP contribution in [0.25, 0.3) is 0 Å². The van der Waals surface area contributed by atoms with Gasteiger partial charge in [0.05, 0.1) is 12.0 Å². The summed E-state index contributed by atoms with van der Waals surface area (Å²) in [4.78, 5) is 0.239. The van der Waals surface area contributed by atoms with Crippen LogP contribution in [-0.4, -0.2) is 32.4 Å². The Balaban J connectivity index is 3.29. The van der Waals surface area contributed by atoms with Crippen LogP contribution in [0.2, 0.25) is 0 Å². The predicted molar refractivity (Wildman–Crippen MR) is 80.2 cm³/mol. The Labute approximate surface area is 121 Å². The summed E-state index contributed by atoms with van der Waals surface area (Å²) in [5, 5.41) is 0. The largest absolute Gasteiger partial charge is 0.496 e. The van der Waals surface area contributed by atoms with E-state index in [2.05, 4.69) is 0 Å². The van der Waals surface area contributed by atoms with Crippen LogP contribution in [0.5, 0.6) is 5.75 Å². The second kappa shape index (κ2) is 6.11. The fourth-order valence-electron chi connectivity index (χ4n) is 1.78. The zero-order valence-corrected chi connectivity index (χ0v) is 13.6. The van der Waals surface area contributed by atoms with Crippen molar-refractivity contribution in [2.45, 2.75) is 44.2 Å². The van der Waals surface area contributed by atoms with Crippen molar-refractivity contribution in [3.63, 3.8) is 0 Å². The van der Waals surface area contributed by atoms with Crippen molar-refractivity contribution >= 4 is 10.0 Å². The molecule has 0 saturated carbocycles. The van der Waals surface area contributed by atoms with Crippen LogP contribution in [0.1, 0.15) is 32.8 Å². The molecule has 1 aromatic carbocycles. The summed E-state index contributed by atoms with van der Waals surface area (Å²) in [6.45, 7) is 5.99. The first kappa shape index (κ1) is 16.9. The maximum Gasteiger partial charge on any atom is 0.243 e. The number of sulfonamides is 1. The van der Waals surface area contributed by atoms with Crippen LogP contribution in [0, 0.1) is 0 Å². The molecule has 0 unspecified atom stereocenters. The van der Waals surface area contributed by atoms with E-state index in [-0.39, 0.29) is 11.4 Å². The summed E-state index contributed by atoms with van der Waals surface area (Å²) in [6, 6.07) is 4.77. The molecule has 0 bridgehead atoms. The van der Waals surface area contributed by atoms with E-state index in [0.29, 0.717) is 11.3 Å². The maximum atomic E-state index is 12.6. The summed E-state index contributed by atoms with van der Waals surface area (Å²) < 4.78 is 31.9. The number of ether oxygens (including phenoxy) is 1. The van der Waals surface area contributed by atoms with Crippen molar-refractivity contribution < 1.29 is 13.2 Å². The number of hydrogen-bond acceptors (Lipinski definition) is 4. The SMILES string of the molecule is CCC(C)(C)N(C)S(=O)(=O)c1ccc(OC)c(CN)c1. The van der Waals surface area contributed by atoms with Gasteiger partial charge in [0.25, 0.3) is 0 Å². The topological polar surface area (TPSA) is 72.6 Å². The van der Waals surface area contributed by atoms with E-state index in [1.807, 2.05) is 20.8 Å². The smallest absolute Gasteiger partial charge is 0.243 e. The van der Waals surface area contributed by atoms with Crippen LogP contribution >= 0.6 is 0 Å². The van der Waals surface area contributed by atoms with Crippen molar-refractivity contribution in [1.29, 1.82) is 0 Å². The Morgan fingerprint density at radius 3 is 2.40 bits per heavy atom. The summed E-state index contributed by atoms with van der Waals surface area (Å²) in [6.07, 6.45) is 0.725. The first-order valence-corrected chi connectivity index (χ1v) is 8.00. The molecule has 0 amide bonds. The molecule has 0 aliphatic heterocycles. The lowest BCUT2D eigenvalue weighted by Crippen LogP contribution is -2.44. The van der Waals surface area contributed by atoms with Gasteiger partial charge in [0.15, 0.2) is 0 Å². The van der Waals surface area contributed by atoms with Crippen molar-refractivity contribution in [3.05, 3.63) is 23.8 Å². The summed E-state index contributed by atoms with van der Waals surface area (Å²) in [5.41, 5.74) is 5.87. The minimum Gasteiger partial charge on any atom is -0.496 e. The highest BCUT2D eigenvalue weighted by molar-refractivity contribution is 7.89. The number of nitrogens with zero attached hydrogens (tertiary/aromatic N) is 1. The van der Waals surface area contributed by atoms with Gasteiger partial charge in [-0.2, -0.15) is 4.31 Å². The first-order valence-electron chi connectivity index (χ1n) is 6.56. The van der Waals surface area contributed by atoms with Crippen molar-refractivity contribution in [1.82, 2.24) is 4.31 Å². The second-order valence-electron chi connectivity index (χ2n) is 5.32. The third kappa shape index (κ3) is 3.13. The zero-order valence-electron chi connectivity index (χ0n) is 12.8. The van der Waals surface area contributed by atoms with Gasteiger partial charge in [0.1, 0.15) is 5.75 Å². The molecule has 0 heterocycles. The van der Waals surface area contributed by atoms with E-state index in [4.69, 9.17) is 10.5 Å². The van der Waals surface area contributed by atoms with Gasteiger partial charge in [-0.15, -0.1) is 0 Å². The van der Waals surface area contributed by atoms with Crippen LogP contribution < -0.4 is 10.5 Å². The molecule has 0 aliphatic rings. The predicted octanol–water partition coefficient (Wildman–Crippen LogP) is 1.96. The number of rotatable bonds is 6. The molecule has 0 saturated heterocycles. The molecule has 0 spiro atoms. The van der Waals surface area contributed by atoms with Crippen molar-refractivity contribution in [3.8, 4) is 5.75 Å². The van der Waals surface area contributed by atoms with E-state index in [0.717, 1.165) is 6.42 Å². The van der Waals surface area contributed by atoms with Gasteiger partial charge in [-0.3, -0.25) is 0 Å². The highest BCUT2D eigenvalue weighted by atomic mass is 32.2. The van der Waals surface area contributed by atoms with Gasteiger partial charge < -0.3 is 10.5 Å². The van der Waals surface area contributed by atoms with Gasteiger partial charge in [0.2, 0.25) is 10.0 Å². The molecular weight excluding hydrogens is 276 g/mol. The monoisotopic (exact) mass is 300 g/mol. The molecule has 0 aliphatic carbocycles. The second-order valence-corrected chi connectivity index (χ2v) is 7.29. The minimum atomic E-state index is -3.54. The molecule has 1 rings (SSSR count). The van der Waals surface area contributed by atoms with Gasteiger partial charge in [-0.25, -0.2) is 8.42 Å². The van der Waals surface area contributed by atoms with Gasteiger partial charge in [-0.05, 0) is 38.5 Å². The Hall–Kier alpha value is -1.11. The van der Waals surface area contributed by atoms with E-state index >= 15 is 0 Å². The minimum absolute atomic E-state index is 0.230. The van der Waals surface area contributed by atoms with Crippen LogP contribution in [-0.2, 0) is 16.6 Å². The third-order valence-electron chi connectivity index (χ3n) is 3.85. The summed E-state index contributed by atoms with van der Waals surface area (Å²) >= 11 is 0. The first-order chi connectivity index (χ1) is 9.20. The van der Waals surface area contributed by atoms with E-state index in [9.17, 15) is 8.42 Å². The van der Waals surface area contributed by atoms with Crippen LogP contribution in [0.15, 0.2) is 23.1 Å². The molecule has 1 aromatic rings. The van der Waals surface area contributed by atoms with Crippen LogP contribution in [0.3, 0.4) is 0 Å². The highest BCUT2D eigenvalue weighted by Gasteiger charge is 2.32. The highest BCUT2D eigenvalue weighted by Crippen LogP contribution is 2.28. The molecule has 20 heavy (non-hydrogen) atoms. The third-order valence-corrected chi connectivity index (χ3v) is 5.91. The molecule has 5 nitrogen and oxygen atoms in total. The average Bonchev–Trinajstić information content (AvgIpc) is 2.45. The molecule has 114 valence electrons. The Bertz CT molecular complexity index is 568. The lowest BCUT2D eigenvalue weighted by Gasteiger charge is -2.33. The fraction of sp³-hybridized carbons (Fsp3) is 0.571. The molecule has 0 aromatic heterocycles. The number of nitrogens with two attached hydrogens (primary N) is 1. The molecule has 2 N–H and O–H groups in total. The van der Waals surface area contributed by atoms with E-state index in [1.165, 1.54) is 11.4 Å². The molecule has 0 fully saturated rings. The summed E-state index contributed by atoms with van der Waals surface area (Å²) in [7, 11) is -0.405. The number of methoxy groups -OCH3 is 1. The quantitative estimate of drug-likeness (QED) is 0.871. The van der Waals surface area contributed by atoms with Gasteiger partial charge in [-0.1, -0.05) is 6.92 Å². The zero-order chi connectivity index (χ0) is 15.6. The van der Waals surface area contributed by atoms with Gasteiger partial charge in [0, 0.05) is 24.7 Å².